The number of rotatable bonds is 5. The number of hydrogen-bond acceptors (Lipinski definition) is 6. The van der Waals surface area contributed by atoms with E-state index in [-0.39, 0.29) is 17.9 Å². The molecule has 142 valence electrons. The summed E-state index contributed by atoms with van der Waals surface area (Å²) in [6.07, 6.45) is -0.697. The van der Waals surface area contributed by atoms with Crippen LogP contribution in [0, 0.1) is 5.82 Å². The standard InChI is InChI=1S/C15H18FN3O6S/c1-9(13(20)18-15(17)22)25-14(21)12-3-2-8-19(12)26(23,24)11-6-4-10(16)5-7-11/h4-7,9,12H,2-3,8H2,1H3,(H3,17,18,20,22)/t9-,12+/m1/s1. The number of urea groups is 1. The summed E-state index contributed by atoms with van der Waals surface area (Å²) < 4.78 is 44.3. The Balaban J connectivity index is 2.14. The van der Waals surface area contributed by atoms with E-state index >= 15 is 0 Å². The van der Waals surface area contributed by atoms with E-state index in [4.69, 9.17) is 10.5 Å². The number of esters is 1. The minimum absolute atomic E-state index is 0.0847. The fraction of sp³-hybridized carbons (Fsp3) is 0.400. The molecule has 1 saturated heterocycles. The molecule has 0 spiro atoms. The number of sulfonamides is 1. The third kappa shape index (κ3) is 4.35. The van der Waals surface area contributed by atoms with Gasteiger partial charge >= 0.3 is 12.0 Å². The van der Waals surface area contributed by atoms with Gasteiger partial charge in [-0.2, -0.15) is 4.31 Å². The largest absolute Gasteiger partial charge is 0.451 e. The second-order valence-electron chi connectivity index (χ2n) is 5.66. The summed E-state index contributed by atoms with van der Waals surface area (Å²) in [5, 5.41) is 1.77. The molecule has 0 unspecified atom stereocenters. The summed E-state index contributed by atoms with van der Waals surface area (Å²) in [4.78, 5) is 34.4. The molecular formula is C15H18FN3O6S. The van der Waals surface area contributed by atoms with Crippen molar-refractivity contribution >= 4 is 27.9 Å². The first kappa shape index (κ1) is 19.8. The molecule has 26 heavy (non-hydrogen) atoms. The molecule has 2 rings (SSSR count). The predicted molar refractivity (Wildman–Crippen MR) is 86.6 cm³/mol. The molecule has 2 atom stereocenters. The van der Waals surface area contributed by atoms with Gasteiger partial charge in [-0.15, -0.1) is 0 Å². The highest BCUT2D eigenvalue weighted by atomic mass is 32.2. The van der Waals surface area contributed by atoms with Crippen molar-refractivity contribution in [3.05, 3.63) is 30.1 Å². The summed E-state index contributed by atoms with van der Waals surface area (Å²) in [6.45, 7) is 1.31. The molecule has 0 saturated carbocycles. The summed E-state index contributed by atoms with van der Waals surface area (Å²) in [7, 11) is -4.03. The zero-order valence-corrected chi connectivity index (χ0v) is 14.7. The number of carbonyl (C=O) groups is 3. The van der Waals surface area contributed by atoms with E-state index in [2.05, 4.69) is 0 Å². The van der Waals surface area contributed by atoms with Crippen molar-refractivity contribution in [1.29, 1.82) is 0 Å². The maximum atomic E-state index is 13.0. The van der Waals surface area contributed by atoms with Crippen LogP contribution in [-0.4, -0.2) is 49.3 Å². The average molecular weight is 387 g/mol. The highest BCUT2D eigenvalue weighted by Gasteiger charge is 2.41. The molecular weight excluding hydrogens is 369 g/mol. The number of nitrogens with two attached hydrogens (primary N) is 1. The molecule has 0 aromatic heterocycles. The van der Waals surface area contributed by atoms with E-state index in [1.165, 1.54) is 6.92 Å². The molecule has 1 heterocycles. The topological polar surface area (TPSA) is 136 Å². The van der Waals surface area contributed by atoms with E-state index in [0.717, 1.165) is 28.6 Å². The van der Waals surface area contributed by atoms with Crippen molar-refractivity contribution in [3.8, 4) is 0 Å². The number of nitrogens with one attached hydrogen (secondary N) is 1. The zero-order chi connectivity index (χ0) is 19.5. The van der Waals surface area contributed by atoms with E-state index in [0.29, 0.717) is 6.42 Å². The van der Waals surface area contributed by atoms with Crippen LogP contribution in [0.1, 0.15) is 19.8 Å². The van der Waals surface area contributed by atoms with Crippen molar-refractivity contribution in [2.75, 3.05) is 6.54 Å². The number of amides is 3. The van der Waals surface area contributed by atoms with Crippen LogP contribution < -0.4 is 11.1 Å². The van der Waals surface area contributed by atoms with E-state index in [9.17, 15) is 27.2 Å². The normalized spacial score (nSPS) is 18.9. The lowest BCUT2D eigenvalue weighted by atomic mass is 10.2. The van der Waals surface area contributed by atoms with Crippen LogP contribution in [0.4, 0.5) is 9.18 Å². The Hall–Kier alpha value is -2.53. The molecule has 1 aromatic rings. The van der Waals surface area contributed by atoms with Crippen LogP contribution in [0.3, 0.4) is 0 Å². The number of halogens is 1. The first-order chi connectivity index (χ1) is 12.1. The maximum absolute atomic E-state index is 13.0. The van der Waals surface area contributed by atoms with Crippen LogP contribution in [-0.2, 0) is 24.3 Å². The molecule has 0 bridgehead atoms. The van der Waals surface area contributed by atoms with Gasteiger partial charge in [0.05, 0.1) is 4.90 Å². The van der Waals surface area contributed by atoms with Gasteiger partial charge < -0.3 is 10.5 Å². The minimum Gasteiger partial charge on any atom is -0.451 e. The maximum Gasteiger partial charge on any atom is 0.325 e. The van der Waals surface area contributed by atoms with Gasteiger partial charge in [0.1, 0.15) is 11.9 Å². The molecule has 0 radical (unpaired) electrons. The van der Waals surface area contributed by atoms with Gasteiger partial charge in [-0.05, 0) is 44.0 Å². The zero-order valence-electron chi connectivity index (χ0n) is 13.8. The third-order valence-electron chi connectivity index (χ3n) is 3.80. The Bertz CT molecular complexity index is 811. The quantitative estimate of drug-likeness (QED) is 0.688. The van der Waals surface area contributed by atoms with Gasteiger partial charge in [-0.3, -0.25) is 14.9 Å². The van der Waals surface area contributed by atoms with Gasteiger partial charge in [0, 0.05) is 6.54 Å². The SMILES string of the molecule is C[C@@H](OC(=O)[C@@H]1CCCN1S(=O)(=O)c1ccc(F)cc1)C(=O)NC(N)=O. The van der Waals surface area contributed by atoms with Crippen LogP contribution in [0.15, 0.2) is 29.2 Å². The number of imide groups is 1. The molecule has 1 aromatic carbocycles. The number of nitrogens with zero attached hydrogens (tertiary/aromatic N) is 1. The van der Waals surface area contributed by atoms with E-state index in [1.807, 2.05) is 0 Å². The average Bonchev–Trinajstić information content (AvgIpc) is 3.05. The fourth-order valence-corrected chi connectivity index (χ4v) is 4.18. The fourth-order valence-electron chi connectivity index (χ4n) is 2.53. The van der Waals surface area contributed by atoms with E-state index < -0.39 is 45.9 Å². The number of ether oxygens (including phenoxy) is 1. The van der Waals surface area contributed by atoms with Crippen molar-refractivity contribution in [2.24, 2.45) is 5.73 Å². The van der Waals surface area contributed by atoms with Gasteiger partial charge in [0.2, 0.25) is 10.0 Å². The Labute approximate surface area is 149 Å². The lowest BCUT2D eigenvalue weighted by Crippen LogP contribution is -2.46. The minimum atomic E-state index is -4.03. The summed E-state index contributed by atoms with van der Waals surface area (Å²) in [6, 6.07) is 2.01. The Morgan fingerprint density at radius 1 is 1.31 bits per heavy atom. The molecule has 1 aliphatic heterocycles. The molecule has 1 fully saturated rings. The number of primary amides is 1. The Kier molecular flexibility index (Phi) is 5.93. The van der Waals surface area contributed by atoms with Gasteiger partial charge in [0.15, 0.2) is 6.10 Å². The molecule has 1 aliphatic rings. The van der Waals surface area contributed by atoms with Gasteiger partial charge in [-0.1, -0.05) is 0 Å². The molecule has 0 aliphatic carbocycles. The lowest BCUT2D eigenvalue weighted by molar-refractivity contribution is -0.157. The molecule has 9 nitrogen and oxygen atoms in total. The first-order valence-corrected chi connectivity index (χ1v) is 9.15. The van der Waals surface area contributed by atoms with Crippen LogP contribution in [0.5, 0.6) is 0 Å². The van der Waals surface area contributed by atoms with Crippen molar-refractivity contribution in [1.82, 2.24) is 9.62 Å². The summed E-state index contributed by atoms with van der Waals surface area (Å²) in [5.41, 5.74) is 4.81. The van der Waals surface area contributed by atoms with Crippen molar-refractivity contribution in [2.45, 2.75) is 36.8 Å². The predicted octanol–water partition coefficient (Wildman–Crippen LogP) is 0.105. The van der Waals surface area contributed by atoms with Crippen LogP contribution >= 0.6 is 0 Å². The summed E-state index contributed by atoms with van der Waals surface area (Å²) in [5.74, 6) is -2.42. The highest BCUT2D eigenvalue weighted by Crippen LogP contribution is 2.27. The van der Waals surface area contributed by atoms with Crippen molar-refractivity contribution < 1.29 is 31.9 Å². The van der Waals surface area contributed by atoms with Gasteiger partial charge in [-0.25, -0.2) is 17.6 Å². The third-order valence-corrected chi connectivity index (χ3v) is 5.73. The molecule has 3 amide bonds. The van der Waals surface area contributed by atoms with Crippen LogP contribution in [0.25, 0.3) is 0 Å². The monoisotopic (exact) mass is 387 g/mol. The number of hydrogen-bond donors (Lipinski definition) is 2. The van der Waals surface area contributed by atoms with E-state index in [1.54, 1.807) is 5.32 Å². The summed E-state index contributed by atoms with van der Waals surface area (Å²) >= 11 is 0. The molecule has 3 N–H and O–H groups in total. The molecule has 11 heteroatoms. The van der Waals surface area contributed by atoms with Crippen molar-refractivity contribution in [3.63, 3.8) is 0 Å². The Morgan fingerprint density at radius 2 is 1.92 bits per heavy atom. The lowest BCUT2D eigenvalue weighted by Gasteiger charge is -2.24. The van der Waals surface area contributed by atoms with Crippen LogP contribution in [0.2, 0.25) is 0 Å². The highest BCUT2D eigenvalue weighted by molar-refractivity contribution is 7.89. The number of benzene rings is 1. The number of carbonyl (C=O) groups excluding carboxylic acids is 3. The van der Waals surface area contributed by atoms with Gasteiger partial charge in [0.25, 0.3) is 5.91 Å². The second-order valence-corrected chi connectivity index (χ2v) is 7.55. The Morgan fingerprint density at radius 3 is 2.50 bits per heavy atom. The first-order valence-electron chi connectivity index (χ1n) is 7.71. The second kappa shape index (κ2) is 7.79. The smallest absolute Gasteiger partial charge is 0.325 e.